The molecule has 158 valence electrons. The van der Waals surface area contributed by atoms with Gasteiger partial charge in [0.25, 0.3) is 5.91 Å². The minimum absolute atomic E-state index is 0.0480. The zero-order valence-electron chi connectivity index (χ0n) is 17.5. The van der Waals surface area contributed by atoms with Gasteiger partial charge in [0.2, 0.25) is 0 Å². The maximum absolute atomic E-state index is 14.4. The van der Waals surface area contributed by atoms with Gasteiger partial charge in [-0.05, 0) is 37.1 Å². The zero-order valence-corrected chi connectivity index (χ0v) is 18.4. The van der Waals surface area contributed by atoms with Crippen molar-refractivity contribution < 1.29 is 18.7 Å². The standard InChI is InChI=1S/C24H26FNO3S/c1-15-6-4-7-16(2)22(15)29-17-10-12-26(13-11-17)24(27)23-18(14-28-3)21-19(25)8-5-9-20(21)30-23/h4-9,17H,10-14H2,1-3H3. The topological polar surface area (TPSA) is 38.8 Å². The van der Waals surface area contributed by atoms with Crippen molar-refractivity contribution in [3.05, 3.63) is 63.8 Å². The van der Waals surface area contributed by atoms with Crippen LogP contribution in [0.3, 0.4) is 0 Å². The van der Waals surface area contributed by atoms with E-state index in [1.807, 2.05) is 17.0 Å². The predicted molar refractivity (Wildman–Crippen MR) is 118 cm³/mol. The molecule has 2 aromatic carbocycles. The lowest BCUT2D eigenvalue weighted by Crippen LogP contribution is -2.41. The van der Waals surface area contributed by atoms with Gasteiger partial charge in [-0.25, -0.2) is 4.39 Å². The summed E-state index contributed by atoms with van der Waals surface area (Å²) in [5.41, 5.74) is 2.91. The molecule has 30 heavy (non-hydrogen) atoms. The van der Waals surface area contributed by atoms with Gasteiger partial charge in [0, 0.05) is 48.7 Å². The number of fused-ring (bicyclic) bond motifs is 1. The number of hydrogen-bond acceptors (Lipinski definition) is 4. The number of aryl methyl sites for hydroxylation is 2. The van der Waals surface area contributed by atoms with Crippen molar-refractivity contribution in [1.29, 1.82) is 0 Å². The van der Waals surface area contributed by atoms with E-state index in [0.29, 0.717) is 28.9 Å². The van der Waals surface area contributed by atoms with Crippen molar-refractivity contribution in [3.8, 4) is 5.75 Å². The Hall–Kier alpha value is -2.44. The van der Waals surface area contributed by atoms with Gasteiger partial charge < -0.3 is 14.4 Å². The summed E-state index contributed by atoms with van der Waals surface area (Å²) in [6.07, 6.45) is 1.64. The molecule has 1 fully saturated rings. The van der Waals surface area contributed by atoms with Gasteiger partial charge in [0.1, 0.15) is 17.7 Å². The maximum Gasteiger partial charge on any atom is 0.264 e. The van der Waals surface area contributed by atoms with Gasteiger partial charge in [-0.15, -0.1) is 11.3 Å². The van der Waals surface area contributed by atoms with E-state index >= 15 is 0 Å². The first-order chi connectivity index (χ1) is 14.5. The number of piperidine rings is 1. The number of halogens is 1. The van der Waals surface area contributed by atoms with Gasteiger partial charge in [0.15, 0.2) is 0 Å². The molecule has 0 N–H and O–H groups in total. The van der Waals surface area contributed by atoms with Crippen LogP contribution in [0.1, 0.15) is 39.2 Å². The van der Waals surface area contributed by atoms with Crippen LogP contribution in [-0.4, -0.2) is 37.1 Å². The molecule has 0 radical (unpaired) electrons. The SMILES string of the molecule is COCc1c(C(=O)N2CCC(Oc3c(C)cccc3C)CC2)sc2cccc(F)c12. The second kappa shape index (κ2) is 8.74. The van der Waals surface area contributed by atoms with Gasteiger partial charge in [-0.2, -0.15) is 0 Å². The molecule has 0 atom stereocenters. The molecule has 0 saturated carbocycles. The molecule has 1 amide bonds. The molecule has 4 nitrogen and oxygen atoms in total. The molecular formula is C24H26FNO3S. The molecule has 0 spiro atoms. The highest BCUT2D eigenvalue weighted by Gasteiger charge is 2.29. The van der Waals surface area contributed by atoms with E-state index in [1.165, 1.54) is 17.4 Å². The highest BCUT2D eigenvalue weighted by Crippen LogP contribution is 2.35. The summed E-state index contributed by atoms with van der Waals surface area (Å²) in [4.78, 5) is 15.7. The summed E-state index contributed by atoms with van der Waals surface area (Å²) < 4.78 is 26.8. The number of methoxy groups -OCH3 is 1. The average Bonchev–Trinajstić information content (AvgIpc) is 3.11. The first-order valence-corrected chi connectivity index (χ1v) is 11.0. The summed E-state index contributed by atoms with van der Waals surface area (Å²) in [6.45, 7) is 5.57. The Morgan fingerprint density at radius 3 is 2.47 bits per heavy atom. The number of carbonyl (C=O) groups excluding carboxylic acids is 1. The lowest BCUT2D eigenvalue weighted by molar-refractivity contribution is 0.0594. The first-order valence-electron chi connectivity index (χ1n) is 10.2. The Bertz CT molecular complexity index is 1050. The van der Waals surface area contributed by atoms with Gasteiger partial charge in [0.05, 0.1) is 11.5 Å². The monoisotopic (exact) mass is 427 g/mol. The molecule has 2 heterocycles. The number of likely N-dealkylation sites (tertiary alicyclic amines) is 1. The number of benzene rings is 2. The third kappa shape index (κ3) is 3.94. The van der Waals surface area contributed by atoms with E-state index in [4.69, 9.17) is 9.47 Å². The summed E-state index contributed by atoms with van der Waals surface area (Å²) in [5.74, 6) is 0.591. The number of thiophene rings is 1. The van der Waals surface area contributed by atoms with Crippen LogP contribution >= 0.6 is 11.3 Å². The lowest BCUT2D eigenvalue weighted by atomic mass is 10.1. The van der Waals surface area contributed by atoms with Crippen LogP contribution in [0.5, 0.6) is 5.75 Å². The number of rotatable bonds is 5. The third-order valence-corrected chi connectivity index (χ3v) is 6.85. The van der Waals surface area contributed by atoms with Gasteiger partial charge in [-0.3, -0.25) is 4.79 Å². The van der Waals surface area contributed by atoms with E-state index < -0.39 is 0 Å². The van der Waals surface area contributed by atoms with Crippen molar-refractivity contribution in [3.63, 3.8) is 0 Å². The second-order valence-electron chi connectivity index (χ2n) is 7.79. The fraction of sp³-hybridized carbons (Fsp3) is 0.375. The third-order valence-electron chi connectivity index (χ3n) is 5.67. The van der Waals surface area contributed by atoms with Crippen molar-refractivity contribution in [2.75, 3.05) is 20.2 Å². The summed E-state index contributed by atoms with van der Waals surface area (Å²) in [7, 11) is 1.56. The molecule has 0 bridgehead atoms. The van der Waals surface area contributed by atoms with Crippen LogP contribution in [0.15, 0.2) is 36.4 Å². The number of hydrogen-bond donors (Lipinski definition) is 0. The molecule has 1 aliphatic heterocycles. The van der Waals surface area contributed by atoms with E-state index in [9.17, 15) is 9.18 Å². The smallest absolute Gasteiger partial charge is 0.264 e. The number of nitrogens with zero attached hydrogens (tertiary/aromatic N) is 1. The Kier molecular flexibility index (Phi) is 6.06. The quantitative estimate of drug-likeness (QED) is 0.541. The van der Waals surface area contributed by atoms with E-state index in [1.54, 1.807) is 13.2 Å². The molecule has 1 aromatic heterocycles. The molecular weight excluding hydrogens is 401 g/mol. The molecule has 1 saturated heterocycles. The minimum atomic E-state index is -0.310. The van der Waals surface area contributed by atoms with Crippen molar-refractivity contribution in [2.45, 2.75) is 39.4 Å². The minimum Gasteiger partial charge on any atom is -0.490 e. The van der Waals surface area contributed by atoms with Crippen molar-refractivity contribution in [2.24, 2.45) is 0 Å². The number of para-hydroxylation sites is 1. The highest BCUT2D eigenvalue weighted by atomic mass is 32.1. The fourth-order valence-corrected chi connectivity index (χ4v) is 5.28. The van der Waals surface area contributed by atoms with Gasteiger partial charge in [-0.1, -0.05) is 24.3 Å². The Morgan fingerprint density at radius 1 is 1.13 bits per heavy atom. The van der Waals surface area contributed by atoms with Crippen LogP contribution in [0.2, 0.25) is 0 Å². The van der Waals surface area contributed by atoms with Crippen LogP contribution in [0, 0.1) is 19.7 Å². The average molecular weight is 428 g/mol. The first kappa shape index (κ1) is 20.8. The Morgan fingerprint density at radius 2 is 1.80 bits per heavy atom. The van der Waals surface area contributed by atoms with E-state index in [0.717, 1.165) is 34.4 Å². The fourth-order valence-electron chi connectivity index (χ4n) is 4.09. The van der Waals surface area contributed by atoms with Crippen LogP contribution in [0.4, 0.5) is 4.39 Å². The van der Waals surface area contributed by atoms with Crippen LogP contribution in [-0.2, 0) is 11.3 Å². The van der Waals surface area contributed by atoms with Gasteiger partial charge >= 0.3 is 0 Å². The number of ether oxygens (including phenoxy) is 2. The molecule has 0 aliphatic carbocycles. The molecule has 0 unspecified atom stereocenters. The Balaban J connectivity index is 1.50. The predicted octanol–water partition coefficient (Wildman–Crippen LogP) is 5.49. The lowest BCUT2D eigenvalue weighted by Gasteiger charge is -2.32. The molecule has 3 aromatic rings. The Labute approximate surface area is 180 Å². The molecule has 4 rings (SSSR count). The summed E-state index contributed by atoms with van der Waals surface area (Å²) in [5, 5.41) is 0.501. The zero-order chi connectivity index (χ0) is 21.3. The maximum atomic E-state index is 14.4. The summed E-state index contributed by atoms with van der Waals surface area (Å²) >= 11 is 1.34. The molecule has 1 aliphatic rings. The molecule has 6 heteroatoms. The van der Waals surface area contributed by atoms with Crippen molar-refractivity contribution in [1.82, 2.24) is 4.90 Å². The van der Waals surface area contributed by atoms with E-state index in [-0.39, 0.29) is 24.4 Å². The second-order valence-corrected chi connectivity index (χ2v) is 8.84. The number of carbonyl (C=O) groups is 1. The summed E-state index contributed by atoms with van der Waals surface area (Å²) in [6, 6.07) is 11.1. The largest absolute Gasteiger partial charge is 0.490 e. The highest BCUT2D eigenvalue weighted by molar-refractivity contribution is 7.21. The van der Waals surface area contributed by atoms with Crippen LogP contribution < -0.4 is 4.74 Å². The normalized spacial score (nSPS) is 15.0. The van der Waals surface area contributed by atoms with Crippen LogP contribution in [0.25, 0.3) is 10.1 Å². The number of amides is 1. The van der Waals surface area contributed by atoms with E-state index in [2.05, 4.69) is 26.0 Å². The van der Waals surface area contributed by atoms with Crippen molar-refractivity contribution >= 4 is 27.3 Å².